The van der Waals surface area contributed by atoms with Crippen molar-refractivity contribution in [3.63, 3.8) is 0 Å². The van der Waals surface area contributed by atoms with Crippen molar-refractivity contribution in [2.75, 3.05) is 7.11 Å². The first-order valence-electron chi connectivity index (χ1n) is 6.02. The van der Waals surface area contributed by atoms with E-state index in [-0.39, 0.29) is 0 Å². The van der Waals surface area contributed by atoms with Crippen LogP contribution in [0.3, 0.4) is 0 Å². The van der Waals surface area contributed by atoms with Gasteiger partial charge in [-0.1, -0.05) is 29.8 Å². The summed E-state index contributed by atoms with van der Waals surface area (Å²) in [6.07, 6.45) is 4.50. The van der Waals surface area contributed by atoms with E-state index in [9.17, 15) is 0 Å². The minimum Gasteiger partial charge on any atom is -0.494 e. The minimum atomic E-state index is 0.695. The Morgan fingerprint density at radius 2 is 2.05 bits per heavy atom. The topological polar surface area (TPSA) is 26.5 Å². The van der Waals surface area contributed by atoms with Gasteiger partial charge in [0.15, 0.2) is 0 Å². The molecule has 0 bridgehead atoms. The van der Waals surface area contributed by atoms with E-state index in [0.29, 0.717) is 6.42 Å². The Kier molecular flexibility index (Phi) is 3.13. The number of hydrogen-bond donors (Lipinski definition) is 0. The molecule has 0 aliphatic rings. The van der Waals surface area contributed by atoms with Crippen molar-refractivity contribution < 1.29 is 4.74 Å². The molecule has 0 saturated carbocycles. The van der Waals surface area contributed by atoms with Crippen LogP contribution >= 0.6 is 11.6 Å². The summed E-state index contributed by atoms with van der Waals surface area (Å²) in [5, 5.41) is 0.766. The van der Waals surface area contributed by atoms with E-state index in [0.717, 1.165) is 27.7 Å². The highest BCUT2D eigenvalue weighted by atomic mass is 35.5. The first kappa shape index (κ1) is 12.1. The molecule has 0 aliphatic heterocycles. The summed E-state index contributed by atoms with van der Waals surface area (Å²) in [7, 11) is 1.66. The van der Waals surface area contributed by atoms with Crippen LogP contribution in [0.15, 0.2) is 48.8 Å². The number of imidazole rings is 1. The van der Waals surface area contributed by atoms with Crippen LogP contribution in [0.5, 0.6) is 5.75 Å². The second kappa shape index (κ2) is 4.94. The molecule has 3 rings (SSSR count). The maximum absolute atomic E-state index is 6.19. The number of benzene rings is 1. The average Bonchev–Trinajstić information content (AvgIpc) is 2.84. The molecule has 0 spiro atoms. The van der Waals surface area contributed by atoms with Gasteiger partial charge in [0.25, 0.3) is 0 Å². The van der Waals surface area contributed by atoms with E-state index >= 15 is 0 Å². The molecule has 0 unspecified atom stereocenters. The second-order valence-electron chi connectivity index (χ2n) is 4.27. The number of pyridine rings is 1. The lowest BCUT2D eigenvalue weighted by molar-refractivity contribution is 0.418. The fourth-order valence-corrected chi connectivity index (χ4v) is 2.37. The van der Waals surface area contributed by atoms with Crippen molar-refractivity contribution in [3.05, 3.63) is 65.2 Å². The smallest absolute Gasteiger partial charge is 0.144 e. The Morgan fingerprint density at radius 1 is 1.21 bits per heavy atom. The first-order valence-corrected chi connectivity index (χ1v) is 6.40. The van der Waals surface area contributed by atoms with Crippen LogP contribution in [0.1, 0.15) is 11.4 Å². The lowest BCUT2D eigenvalue weighted by Crippen LogP contribution is -1.97. The summed E-state index contributed by atoms with van der Waals surface area (Å²) >= 11 is 6.19. The highest BCUT2D eigenvalue weighted by Gasteiger charge is 2.09. The van der Waals surface area contributed by atoms with Gasteiger partial charge in [-0.3, -0.25) is 0 Å². The van der Waals surface area contributed by atoms with E-state index in [1.807, 2.05) is 53.2 Å². The molecule has 1 aromatic carbocycles. The van der Waals surface area contributed by atoms with Gasteiger partial charge in [-0.15, -0.1) is 0 Å². The number of hydrogen-bond acceptors (Lipinski definition) is 2. The molecule has 3 aromatic rings. The van der Waals surface area contributed by atoms with E-state index < -0.39 is 0 Å². The maximum atomic E-state index is 6.19. The summed E-state index contributed by atoms with van der Waals surface area (Å²) in [5.41, 5.74) is 2.03. The molecule has 2 aromatic heterocycles. The zero-order chi connectivity index (χ0) is 13.2. The van der Waals surface area contributed by atoms with Gasteiger partial charge in [-0.05, 0) is 23.8 Å². The van der Waals surface area contributed by atoms with Gasteiger partial charge in [0.1, 0.15) is 17.1 Å². The molecule has 96 valence electrons. The van der Waals surface area contributed by atoms with Gasteiger partial charge in [0.2, 0.25) is 0 Å². The van der Waals surface area contributed by atoms with Crippen molar-refractivity contribution in [2.24, 2.45) is 0 Å². The third-order valence-corrected chi connectivity index (χ3v) is 3.50. The standard InChI is InChI=1S/C15H13ClN2O/c1-19-14-7-4-8-18-13(14)10-17-15(18)9-11-5-2-3-6-12(11)16/h2-8,10H,9H2,1H3. The quantitative estimate of drug-likeness (QED) is 0.728. The Morgan fingerprint density at radius 3 is 2.84 bits per heavy atom. The number of aromatic nitrogens is 2. The third kappa shape index (κ3) is 2.17. The molecule has 4 heteroatoms. The average molecular weight is 273 g/mol. The van der Waals surface area contributed by atoms with E-state index in [1.165, 1.54) is 0 Å². The van der Waals surface area contributed by atoms with Crippen molar-refractivity contribution in [3.8, 4) is 5.75 Å². The van der Waals surface area contributed by atoms with Crippen molar-refractivity contribution >= 4 is 17.1 Å². The number of halogens is 1. The molecule has 0 atom stereocenters. The molecule has 0 amide bonds. The third-order valence-electron chi connectivity index (χ3n) is 3.13. The maximum Gasteiger partial charge on any atom is 0.144 e. The molecule has 0 fully saturated rings. The normalized spacial score (nSPS) is 10.8. The lowest BCUT2D eigenvalue weighted by atomic mass is 10.1. The van der Waals surface area contributed by atoms with Crippen molar-refractivity contribution in [2.45, 2.75) is 6.42 Å². The molecule has 0 N–H and O–H groups in total. The fourth-order valence-electron chi connectivity index (χ4n) is 2.17. The fraction of sp³-hybridized carbons (Fsp3) is 0.133. The molecular weight excluding hydrogens is 260 g/mol. The zero-order valence-electron chi connectivity index (χ0n) is 10.5. The molecule has 0 saturated heterocycles. The predicted molar refractivity (Wildman–Crippen MR) is 76.0 cm³/mol. The SMILES string of the molecule is COc1cccn2c(Cc3ccccc3Cl)ncc12. The molecule has 19 heavy (non-hydrogen) atoms. The van der Waals surface area contributed by atoms with Gasteiger partial charge in [-0.25, -0.2) is 4.98 Å². The van der Waals surface area contributed by atoms with E-state index in [1.54, 1.807) is 7.11 Å². The van der Waals surface area contributed by atoms with Gasteiger partial charge in [-0.2, -0.15) is 0 Å². The Balaban J connectivity index is 2.05. The minimum absolute atomic E-state index is 0.695. The van der Waals surface area contributed by atoms with Crippen LogP contribution in [0.2, 0.25) is 5.02 Å². The van der Waals surface area contributed by atoms with E-state index in [2.05, 4.69) is 4.98 Å². The van der Waals surface area contributed by atoms with Crippen molar-refractivity contribution in [1.82, 2.24) is 9.38 Å². The largest absolute Gasteiger partial charge is 0.494 e. The first-order chi connectivity index (χ1) is 9.29. The van der Waals surface area contributed by atoms with Crippen molar-refractivity contribution in [1.29, 1.82) is 0 Å². The summed E-state index contributed by atoms with van der Waals surface area (Å²) in [6, 6.07) is 11.7. The second-order valence-corrected chi connectivity index (χ2v) is 4.68. The Bertz CT molecular complexity index is 721. The van der Waals surface area contributed by atoms with Crippen LogP contribution in [0.4, 0.5) is 0 Å². The van der Waals surface area contributed by atoms with Crippen LogP contribution < -0.4 is 4.74 Å². The van der Waals surface area contributed by atoms with Gasteiger partial charge in [0, 0.05) is 17.6 Å². The van der Waals surface area contributed by atoms with Crippen LogP contribution in [-0.4, -0.2) is 16.5 Å². The highest BCUT2D eigenvalue weighted by Crippen LogP contribution is 2.23. The Hall–Kier alpha value is -2.00. The molecule has 2 heterocycles. The van der Waals surface area contributed by atoms with Gasteiger partial charge >= 0.3 is 0 Å². The van der Waals surface area contributed by atoms with E-state index in [4.69, 9.17) is 16.3 Å². The summed E-state index contributed by atoms with van der Waals surface area (Å²) < 4.78 is 7.36. The number of nitrogens with zero attached hydrogens (tertiary/aromatic N) is 2. The Labute approximate surface area is 116 Å². The van der Waals surface area contributed by atoms with Crippen LogP contribution in [0, 0.1) is 0 Å². The monoisotopic (exact) mass is 272 g/mol. The van der Waals surface area contributed by atoms with Gasteiger partial charge in [0.05, 0.1) is 13.3 Å². The summed E-state index contributed by atoms with van der Waals surface area (Å²) in [5.74, 6) is 1.77. The lowest BCUT2D eigenvalue weighted by Gasteiger charge is -2.05. The van der Waals surface area contributed by atoms with Crippen LogP contribution in [0.25, 0.3) is 5.52 Å². The van der Waals surface area contributed by atoms with Gasteiger partial charge < -0.3 is 9.14 Å². The number of fused-ring (bicyclic) bond motifs is 1. The molecular formula is C15H13ClN2O. The predicted octanol–water partition coefficient (Wildman–Crippen LogP) is 3.59. The number of rotatable bonds is 3. The summed E-state index contributed by atoms with van der Waals surface area (Å²) in [6.45, 7) is 0. The highest BCUT2D eigenvalue weighted by molar-refractivity contribution is 6.31. The molecule has 3 nitrogen and oxygen atoms in total. The zero-order valence-corrected chi connectivity index (χ0v) is 11.3. The molecule has 0 aliphatic carbocycles. The number of ether oxygens (including phenoxy) is 1. The molecule has 0 radical (unpaired) electrons. The van der Waals surface area contributed by atoms with Crippen LogP contribution in [-0.2, 0) is 6.42 Å². The number of methoxy groups -OCH3 is 1. The summed E-state index contributed by atoms with van der Waals surface area (Å²) in [4.78, 5) is 4.46.